The maximum atomic E-state index is 12.8. The Morgan fingerprint density at radius 2 is 1.96 bits per heavy atom. The standard InChI is InChI=1S/C21H25NO4/c1-5-12-25-22-16(6-2)19-17(23)13-21(3,4)14-18(19)26-20(24)15-10-8-7-9-11-15/h5,7-11H,1,6,12-14H2,2-4H3/b22-16-. The smallest absolute Gasteiger partial charge is 0.343 e. The molecule has 5 nitrogen and oxygen atoms in total. The van der Waals surface area contributed by atoms with Crippen molar-refractivity contribution in [3.63, 3.8) is 0 Å². The van der Waals surface area contributed by atoms with E-state index in [0.717, 1.165) is 0 Å². The first-order chi connectivity index (χ1) is 12.4. The molecule has 1 aromatic rings. The van der Waals surface area contributed by atoms with Gasteiger partial charge in [0.05, 0.1) is 16.8 Å². The van der Waals surface area contributed by atoms with Gasteiger partial charge in [-0.2, -0.15) is 0 Å². The summed E-state index contributed by atoms with van der Waals surface area (Å²) in [5, 5.41) is 4.06. The Hall–Kier alpha value is -2.69. The largest absolute Gasteiger partial charge is 0.427 e. The van der Waals surface area contributed by atoms with Crippen LogP contribution in [0.1, 0.15) is 50.4 Å². The summed E-state index contributed by atoms with van der Waals surface area (Å²) in [6.07, 6.45) is 2.92. The molecular formula is C21H25NO4. The number of nitrogens with zero attached hydrogens (tertiary/aromatic N) is 1. The van der Waals surface area contributed by atoms with Gasteiger partial charge < -0.3 is 9.57 Å². The Kier molecular flexibility index (Phi) is 6.50. The lowest BCUT2D eigenvalue weighted by Gasteiger charge is -2.31. The molecular weight excluding hydrogens is 330 g/mol. The summed E-state index contributed by atoms with van der Waals surface area (Å²) in [4.78, 5) is 30.4. The molecule has 0 saturated carbocycles. The fourth-order valence-corrected chi connectivity index (χ4v) is 2.87. The summed E-state index contributed by atoms with van der Waals surface area (Å²) in [7, 11) is 0. The molecule has 0 saturated heterocycles. The molecule has 1 aliphatic rings. The predicted molar refractivity (Wildman–Crippen MR) is 101 cm³/mol. The molecule has 0 spiro atoms. The monoisotopic (exact) mass is 355 g/mol. The van der Waals surface area contributed by atoms with Gasteiger partial charge in [-0.1, -0.05) is 56.8 Å². The Balaban J connectivity index is 2.41. The van der Waals surface area contributed by atoms with Crippen LogP contribution in [0.4, 0.5) is 0 Å². The summed E-state index contributed by atoms with van der Waals surface area (Å²) in [5.74, 6) is -0.200. The third-order valence-corrected chi connectivity index (χ3v) is 4.05. The fourth-order valence-electron chi connectivity index (χ4n) is 2.87. The maximum absolute atomic E-state index is 12.8. The van der Waals surface area contributed by atoms with Gasteiger partial charge in [0.2, 0.25) is 0 Å². The van der Waals surface area contributed by atoms with Gasteiger partial charge in [0, 0.05) is 12.8 Å². The van der Waals surface area contributed by atoms with Crippen LogP contribution in [-0.4, -0.2) is 24.1 Å². The van der Waals surface area contributed by atoms with E-state index in [2.05, 4.69) is 11.7 Å². The van der Waals surface area contributed by atoms with Crippen molar-refractivity contribution in [2.24, 2.45) is 10.6 Å². The first kappa shape index (κ1) is 19.6. The normalized spacial score (nSPS) is 17.0. The zero-order valence-corrected chi connectivity index (χ0v) is 15.6. The molecule has 0 unspecified atom stereocenters. The van der Waals surface area contributed by atoms with Crippen LogP contribution < -0.4 is 0 Å². The van der Waals surface area contributed by atoms with Crippen molar-refractivity contribution in [1.29, 1.82) is 0 Å². The number of ketones is 1. The van der Waals surface area contributed by atoms with Crippen molar-refractivity contribution in [3.05, 3.63) is 59.9 Å². The van der Waals surface area contributed by atoms with Crippen molar-refractivity contribution in [3.8, 4) is 0 Å². The van der Waals surface area contributed by atoms with Crippen LogP contribution in [0.3, 0.4) is 0 Å². The average Bonchev–Trinajstić information content (AvgIpc) is 2.59. The molecule has 0 radical (unpaired) electrons. The lowest BCUT2D eigenvalue weighted by molar-refractivity contribution is -0.118. The van der Waals surface area contributed by atoms with E-state index in [4.69, 9.17) is 9.57 Å². The van der Waals surface area contributed by atoms with Crippen LogP contribution in [0, 0.1) is 5.41 Å². The number of hydrogen-bond acceptors (Lipinski definition) is 5. The molecule has 0 aliphatic heterocycles. The minimum absolute atomic E-state index is 0.0834. The second kappa shape index (κ2) is 8.61. The molecule has 1 aromatic carbocycles. The zero-order valence-electron chi connectivity index (χ0n) is 15.6. The van der Waals surface area contributed by atoms with Gasteiger partial charge in [-0.05, 0) is 24.0 Å². The molecule has 0 N–H and O–H groups in total. The average molecular weight is 355 g/mol. The van der Waals surface area contributed by atoms with E-state index in [0.29, 0.717) is 41.9 Å². The van der Waals surface area contributed by atoms with Gasteiger partial charge >= 0.3 is 5.97 Å². The van der Waals surface area contributed by atoms with E-state index in [1.165, 1.54) is 0 Å². The van der Waals surface area contributed by atoms with Crippen molar-refractivity contribution in [1.82, 2.24) is 0 Å². The molecule has 0 aromatic heterocycles. The van der Waals surface area contributed by atoms with Crippen LogP contribution >= 0.6 is 0 Å². The Morgan fingerprint density at radius 1 is 1.27 bits per heavy atom. The molecule has 138 valence electrons. The second-order valence-corrected chi connectivity index (χ2v) is 6.97. The summed E-state index contributed by atoms with van der Waals surface area (Å²) < 4.78 is 5.65. The highest BCUT2D eigenvalue weighted by Crippen LogP contribution is 2.38. The number of carbonyl (C=O) groups is 2. The fraction of sp³-hybridized carbons (Fsp3) is 0.381. The highest BCUT2D eigenvalue weighted by atomic mass is 16.6. The molecule has 0 atom stereocenters. The molecule has 5 heteroatoms. The van der Waals surface area contributed by atoms with Crippen molar-refractivity contribution < 1.29 is 19.2 Å². The van der Waals surface area contributed by atoms with Crippen molar-refractivity contribution >= 4 is 17.5 Å². The minimum Gasteiger partial charge on any atom is -0.427 e. The Bertz CT molecular complexity index is 745. The number of carbonyl (C=O) groups excluding carboxylic acids is 2. The van der Waals surface area contributed by atoms with Crippen LogP contribution in [0.5, 0.6) is 0 Å². The van der Waals surface area contributed by atoms with E-state index in [1.54, 1.807) is 30.3 Å². The first-order valence-electron chi connectivity index (χ1n) is 8.71. The summed E-state index contributed by atoms with van der Waals surface area (Å²) in [6, 6.07) is 8.72. The van der Waals surface area contributed by atoms with Crippen LogP contribution in [-0.2, 0) is 14.4 Å². The van der Waals surface area contributed by atoms with Gasteiger partial charge in [-0.3, -0.25) is 4.79 Å². The van der Waals surface area contributed by atoms with E-state index < -0.39 is 5.97 Å². The summed E-state index contributed by atoms with van der Waals surface area (Å²) in [5.41, 5.74) is 1.00. The molecule has 1 aliphatic carbocycles. The molecule has 0 bridgehead atoms. The summed E-state index contributed by atoms with van der Waals surface area (Å²) >= 11 is 0. The molecule has 0 amide bonds. The van der Waals surface area contributed by atoms with Crippen molar-refractivity contribution in [2.75, 3.05) is 6.61 Å². The molecule has 2 rings (SSSR count). The van der Waals surface area contributed by atoms with Gasteiger partial charge in [0.25, 0.3) is 0 Å². The van der Waals surface area contributed by atoms with Crippen LogP contribution in [0.15, 0.2) is 59.5 Å². The van der Waals surface area contributed by atoms with Crippen molar-refractivity contribution in [2.45, 2.75) is 40.0 Å². The van der Waals surface area contributed by atoms with E-state index in [1.807, 2.05) is 26.8 Å². The zero-order chi connectivity index (χ0) is 19.2. The number of allylic oxidation sites excluding steroid dienone is 2. The number of rotatable bonds is 7. The lowest BCUT2D eigenvalue weighted by Crippen LogP contribution is -2.31. The number of hydrogen-bond donors (Lipinski definition) is 0. The highest BCUT2D eigenvalue weighted by Gasteiger charge is 2.37. The Labute approximate surface area is 154 Å². The van der Waals surface area contributed by atoms with Gasteiger partial charge in [-0.15, -0.1) is 0 Å². The maximum Gasteiger partial charge on any atom is 0.343 e. The number of ether oxygens (including phenoxy) is 1. The third-order valence-electron chi connectivity index (χ3n) is 4.05. The van der Waals surface area contributed by atoms with Crippen LogP contribution in [0.25, 0.3) is 0 Å². The van der Waals surface area contributed by atoms with E-state index in [9.17, 15) is 9.59 Å². The number of Topliss-reactive ketones (excluding diaryl/α,β-unsaturated/α-hetero) is 1. The minimum atomic E-state index is -0.480. The second-order valence-electron chi connectivity index (χ2n) is 6.97. The van der Waals surface area contributed by atoms with Gasteiger partial charge in [0.15, 0.2) is 5.78 Å². The molecule has 26 heavy (non-hydrogen) atoms. The van der Waals surface area contributed by atoms with Gasteiger partial charge in [-0.25, -0.2) is 4.79 Å². The quantitative estimate of drug-likeness (QED) is 0.238. The first-order valence-corrected chi connectivity index (χ1v) is 8.71. The van der Waals surface area contributed by atoms with Gasteiger partial charge in [0.1, 0.15) is 12.4 Å². The lowest BCUT2D eigenvalue weighted by atomic mass is 9.75. The number of esters is 1. The third kappa shape index (κ3) is 4.91. The molecule has 0 fully saturated rings. The summed E-state index contributed by atoms with van der Waals surface area (Å²) in [6.45, 7) is 9.66. The highest BCUT2D eigenvalue weighted by molar-refractivity contribution is 6.23. The Morgan fingerprint density at radius 3 is 2.58 bits per heavy atom. The SMILES string of the molecule is C=CCO/N=C(/CC)C1=C(OC(=O)c2ccccc2)CC(C)(C)CC1=O. The van der Waals surface area contributed by atoms with E-state index in [-0.39, 0.29) is 17.8 Å². The molecule has 0 heterocycles. The number of oxime groups is 1. The topological polar surface area (TPSA) is 65.0 Å². The van der Waals surface area contributed by atoms with Crippen LogP contribution in [0.2, 0.25) is 0 Å². The predicted octanol–water partition coefficient (Wildman–Crippen LogP) is 4.46. The van der Waals surface area contributed by atoms with E-state index >= 15 is 0 Å². The number of benzene rings is 1.